The molecule has 1 aliphatic heterocycles. The molecule has 4 atom stereocenters. The lowest BCUT2D eigenvalue weighted by molar-refractivity contribution is -0.186. The maximum atomic E-state index is 10.2. The van der Waals surface area contributed by atoms with Gasteiger partial charge in [0.2, 0.25) is 0 Å². The molecule has 0 aromatic heterocycles. The predicted octanol–water partition coefficient (Wildman–Crippen LogP) is 6.66. The molecule has 45 heavy (non-hydrogen) atoms. The first-order valence-corrected chi connectivity index (χ1v) is 18.1. The molecule has 0 saturated carbocycles. The van der Waals surface area contributed by atoms with Crippen LogP contribution in [0.3, 0.4) is 0 Å². The third-order valence-electron chi connectivity index (χ3n) is 8.74. The fourth-order valence-electron chi connectivity index (χ4n) is 6.52. The van der Waals surface area contributed by atoms with E-state index in [1.807, 2.05) is 36.4 Å². The number of rotatable bonds is 14. The second-order valence-corrected chi connectivity index (χ2v) is 17.2. The first-order valence-electron chi connectivity index (χ1n) is 16.2. The molecule has 4 aromatic carbocycles. The minimum Gasteiger partial charge on any atom is -0.402 e. The number of aliphatic hydroxyl groups excluding tert-OH is 1. The lowest BCUT2D eigenvalue weighted by Crippen LogP contribution is -2.69. The number of hydrogen-bond acceptors (Lipinski definition) is 5. The average Bonchev–Trinajstić information content (AvgIpc) is 3.07. The zero-order valence-electron chi connectivity index (χ0n) is 26.9. The highest BCUT2D eigenvalue weighted by Gasteiger charge is 2.53. The molecule has 238 valence electrons. The summed E-state index contributed by atoms with van der Waals surface area (Å²) < 4.78 is 27.3. The molecule has 1 N–H and O–H groups in total. The van der Waals surface area contributed by atoms with Crippen molar-refractivity contribution in [2.45, 2.75) is 82.7 Å². The van der Waals surface area contributed by atoms with Gasteiger partial charge in [-0.2, -0.15) is 0 Å². The van der Waals surface area contributed by atoms with Gasteiger partial charge in [-0.15, -0.1) is 0 Å². The molecule has 1 fully saturated rings. The van der Waals surface area contributed by atoms with Crippen molar-refractivity contribution in [1.29, 1.82) is 0 Å². The molecule has 0 spiro atoms. The van der Waals surface area contributed by atoms with Crippen molar-refractivity contribution in [3.8, 4) is 0 Å². The minimum atomic E-state index is -2.86. The largest absolute Gasteiger partial charge is 0.402 e. The van der Waals surface area contributed by atoms with E-state index in [4.69, 9.17) is 18.6 Å². The molecule has 5 rings (SSSR count). The van der Waals surface area contributed by atoms with E-state index in [1.54, 1.807) is 0 Å². The Morgan fingerprint density at radius 1 is 0.733 bits per heavy atom. The fourth-order valence-corrected chi connectivity index (χ4v) is 11.2. The maximum Gasteiger partial charge on any atom is 0.261 e. The van der Waals surface area contributed by atoms with Crippen LogP contribution in [0.5, 0.6) is 0 Å². The average molecular weight is 625 g/mol. The topological polar surface area (TPSA) is 57.2 Å². The van der Waals surface area contributed by atoms with Crippen molar-refractivity contribution in [3.05, 3.63) is 132 Å². The molecule has 1 saturated heterocycles. The van der Waals surface area contributed by atoms with E-state index < -0.39 is 8.32 Å². The summed E-state index contributed by atoms with van der Waals surface area (Å²) in [5.41, 5.74) is 2.23. The molecule has 0 unspecified atom stereocenters. The smallest absolute Gasteiger partial charge is 0.261 e. The van der Waals surface area contributed by atoms with Crippen molar-refractivity contribution in [1.82, 2.24) is 0 Å². The van der Waals surface area contributed by atoms with Crippen LogP contribution in [0.2, 0.25) is 5.04 Å². The third-order valence-corrected chi connectivity index (χ3v) is 13.8. The standard InChI is InChI=1S/C39H48O5Si/c1-39(2,3)45(34-20-12-6-13-21-34,35-22-14-7-15-23-35)44-37-25-24-33(30-41-28-31-16-8-4-9-17-31)43-38(37)36(26-27-40)42-29-32-18-10-5-11-19-32/h4-23,33,36-38,40H,24-30H2,1-3H3/t33-,36+,37+,38-/m0/s1. The third kappa shape index (κ3) is 8.39. The zero-order valence-corrected chi connectivity index (χ0v) is 27.9. The lowest BCUT2D eigenvalue weighted by atomic mass is 9.96. The molecular formula is C39H48O5Si. The van der Waals surface area contributed by atoms with Gasteiger partial charge in [0.1, 0.15) is 6.10 Å². The Bertz CT molecular complexity index is 1360. The molecule has 0 aliphatic carbocycles. The number of hydrogen-bond donors (Lipinski definition) is 1. The summed E-state index contributed by atoms with van der Waals surface area (Å²) in [6, 6.07) is 41.9. The van der Waals surface area contributed by atoms with Crippen molar-refractivity contribution >= 4 is 18.7 Å². The zero-order chi connectivity index (χ0) is 31.5. The first kappa shape index (κ1) is 33.3. The maximum absolute atomic E-state index is 10.2. The van der Waals surface area contributed by atoms with Crippen LogP contribution in [0.15, 0.2) is 121 Å². The molecule has 0 radical (unpaired) electrons. The van der Waals surface area contributed by atoms with E-state index in [0.29, 0.717) is 26.2 Å². The molecule has 4 aromatic rings. The summed E-state index contributed by atoms with van der Waals surface area (Å²) in [7, 11) is -2.86. The fraction of sp³-hybridized carbons (Fsp3) is 0.385. The van der Waals surface area contributed by atoms with Gasteiger partial charge in [0.25, 0.3) is 8.32 Å². The molecule has 0 amide bonds. The Labute approximate surface area is 270 Å². The van der Waals surface area contributed by atoms with Gasteiger partial charge in [0.05, 0.1) is 38.1 Å². The van der Waals surface area contributed by atoms with Gasteiger partial charge in [-0.25, -0.2) is 0 Å². The van der Waals surface area contributed by atoms with E-state index >= 15 is 0 Å². The first-order chi connectivity index (χ1) is 21.9. The second-order valence-electron chi connectivity index (χ2n) is 13.0. The molecule has 1 heterocycles. The van der Waals surface area contributed by atoms with Gasteiger partial charge < -0.3 is 23.7 Å². The van der Waals surface area contributed by atoms with Crippen LogP contribution < -0.4 is 10.4 Å². The Kier molecular flexibility index (Phi) is 11.8. The molecule has 0 bridgehead atoms. The van der Waals surface area contributed by atoms with E-state index in [9.17, 15) is 5.11 Å². The number of ether oxygens (including phenoxy) is 3. The summed E-state index contributed by atoms with van der Waals surface area (Å²) in [6.45, 7) is 8.37. The van der Waals surface area contributed by atoms with Crippen molar-refractivity contribution in [2.24, 2.45) is 0 Å². The van der Waals surface area contributed by atoms with Crippen molar-refractivity contribution in [3.63, 3.8) is 0 Å². The van der Waals surface area contributed by atoms with Gasteiger partial charge in [0.15, 0.2) is 0 Å². The summed E-state index contributed by atoms with van der Waals surface area (Å²) in [6.07, 6.45) is 1.03. The highest BCUT2D eigenvalue weighted by Crippen LogP contribution is 2.40. The highest BCUT2D eigenvalue weighted by molar-refractivity contribution is 6.99. The van der Waals surface area contributed by atoms with Gasteiger partial charge in [-0.3, -0.25) is 0 Å². The molecular weight excluding hydrogens is 577 g/mol. The molecule has 6 heteroatoms. The monoisotopic (exact) mass is 624 g/mol. The summed E-state index contributed by atoms with van der Waals surface area (Å²) in [4.78, 5) is 0. The number of aliphatic hydroxyl groups is 1. The SMILES string of the molecule is CC(C)(C)[Si](O[C@@H]1CC[C@@H](COCc2ccccc2)O[C@H]1[C@@H](CCO)OCc1ccccc1)(c1ccccc1)c1ccccc1. The Hall–Kier alpha value is -3.10. The van der Waals surface area contributed by atoms with Gasteiger partial charge >= 0.3 is 0 Å². The molecule has 1 aliphatic rings. The van der Waals surface area contributed by atoms with Crippen molar-refractivity contribution in [2.75, 3.05) is 13.2 Å². The summed E-state index contributed by atoms with van der Waals surface area (Å²) >= 11 is 0. The van der Waals surface area contributed by atoms with E-state index in [0.717, 1.165) is 24.0 Å². The van der Waals surface area contributed by atoms with E-state index in [-0.39, 0.29) is 36.1 Å². The van der Waals surface area contributed by atoms with Crippen LogP contribution in [-0.2, 0) is 31.9 Å². The Morgan fingerprint density at radius 2 is 1.24 bits per heavy atom. The van der Waals surface area contributed by atoms with E-state index in [2.05, 4.69) is 106 Å². The van der Waals surface area contributed by atoms with Gasteiger partial charge in [-0.05, 0) is 45.8 Å². The van der Waals surface area contributed by atoms with Crippen LogP contribution in [-0.4, -0.2) is 51.1 Å². The van der Waals surface area contributed by atoms with Gasteiger partial charge in [-0.1, -0.05) is 142 Å². The van der Waals surface area contributed by atoms with Crippen molar-refractivity contribution < 1.29 is 23.7 Å². The second kappa shape index (κ2) is 15.9. The van der Waals surface area contributed by atoms with Gasteiger partial charge in [0, 0.05) is 6.61 Å². The van der Waals surface area contributed by atoms with Crippen LogP contribution in [0, 0.1) is 0 Å². The highest BCUT2D eigenvalue weighted by atomic mass is 28.4. The predicted molar refractivity (Wildman–Crippen MR) is 183 cm³/mol. The van der Waals surface area contributed by atoms with Crippen LogP contribution >= 0.6 is 0 Å². The van der Waals surface area contributed by atoms with Crippen LogP contribution in [0.1, 0.15) is 51.2 Å². The Morgan fingerprint density at radius 3 is 1.76 bits per heavy atom. The molecule has 5 nitrogen and oxygen atoms in total. The van der Waals surface area contributed by atoms with Crippen LogP contribution in [0.25, 0.3) is 0 Å². The normalized spacial score (nSPS) is 19.7. The van der Waals surface area contributed by atoms with Crippen LogP contribution in [0.4, 0.5) is 0 Å². The minimum absolute atomic E-state index is 0.000420. The summed E-state index contributed by atoms with van der Waals surface area (Å²) in [5.74, 6) is 0. The lowest BCUT2D eigenvalue weighted by Gasteiger charge is -2.49. The quantitative estimate of drug-likeness (QED) is 0.159. The summed E-state index contributed by atoms with van der Waals surface area (Å²) in [5, 5.41) is 12.5. The van der Waals surface area contributed by atoms with E-state index in [1.165, 1.54) is 10.4 Å². The number of benzene rings is 4. The Balaban J connectivity index is 1.46.